The van der Waals surface area contributed by atoms with Gasteiger partial charge in [0, 0.05) is 6.54 Å². The van der Waals surface area contributed by atoms with Crippen molar-refractivity contribution < 1.29 is 0 Å². The summed E-state index contributed by atoms with van der Waals surface area (Å²) >= 11 is 0. The summed E-state index contributed by atoms with van der Waals surface area (Å²) in [4.78, 5) is 0. The normalized spacial score (nSPS) is 17.2. The van der Waals surface area contributed by atoms with Crippen molar-refractivity contribution in [3.05, 3.63) is 69.8 Å². The molecule has 0 spiro atoms. The van der Waals surface area contributed by atoms with E-state index in [9.17, 15) is 0 Å². The molecule has 1 heterocycles. The Labute approximate surface area is 127 Å². The molecule has 0 aliphatic carbocycles. The van der Waals surface area contributed by atoms with E-state index < -0.39 is 0 Å². The number of benzene rings is 2. The monoisotopic (exact) mass is 287 g/mol. The summed E-state index contributed by atoms with van der Waals surface area (Å²) in [5, 5.41) is 3.71. The van der Waals surface area contributed by atoms with Crippen LogP contribution in [0.2, 0.25) is 0 Å². The Kier molecular flexibility index (Phi) is 4.52. The number of aryl methyl sites for hydroxylation is 3. The van der Waals surface area contributed by atoms with Crippen LogP contribution in [0.15, 0.2) is 36.4 Å². The largest absolute Gasteiger partial charge is 0.306 e. The molecule has 0 fully saturated rings. The summed E-state index contributed by atoms with van der Waals surface area (Å²) in [6.45, 7) is 7.73. The van der Waals surface area contributed by atoms with Gasteiger partial charge >= 0.3 is 0 Å². The van der Waals surface area contributed by atoms with E-state index in [2.05, 4.69) is 62.5 Å². The lowest BCUT2D eigenvalue weighted by Gasteiger charge is -2.31. The first-order chi connectivity index (χ1) is 9.18. The van der Waals surface area contributed by atoms with Crippen LogP contribution in [0.5, 0.6) is 0 Å². The van der Waals surface area contributed by atoms with Gasteiger partial charge in [0.25, 0.3) is 0 Å². The Balaban J connectivity index is 0.00000147. The van der Waals surface area contributed by atoms with Crippen molar-refractivity contribution in [1.82, 2.24) is 5.32 Å². The molecular formula is C18H22ClN. The van der Waals surface area contributed by atoms with E-state index in [-0.39, 0.29) is 12.4 Å². The second-order valence-corrected chi connectivity index (χ2v) is 5.59. The Morgan fingerprint density at radius 2 is 1.40 bits per heavy atom. The van der Waals surface area contributed by atoms with Crippen molar-refractivity contribution in [1.29, 1.82) is 0 Å². The van der Waals surface area contributed by atoms with Crippen molar-refractivity contribution in [2.45, 2.75) is 33.2 Å². The SMILES string of the molecule is Cc1cccc(C)c1C1NCCc2cccc(C)c21.Cl. The molecule has 0 radical (unpaired) electrons. The summed E-state index contributed by atoms with van der Waals surface area (Å²) in [5.41, 5.74) is 8.62. The lowest BCUT2D eigenvalue weighted by atomic mass is 9.83. The van der Waals surface area contributed by atoms with Crippen LogP contribution < -0.4 is 5.32 Å². The smallest absolute Gasteiger partial charge is 0.0587 e. The van der Waals surface area contributed by atoms with Gasteiger partial charge < -0.3 is 5.32 Å². The molecular weight excluding hydrogens is 266 g/mol. The minimum atomic E-state index is 0. The lowest BCUT2D eigenvalue weighted by molar-refractivity contribution is 0.561. The molecule has 0 saturated carbocycles. The second kappa shape index (κ2) is 5.99. The Hall–Kier alpha value is -1.31. The maximum absolute atomic E-state index is 3.71. The molecule has 106 valence electrons. The third-order valence-corrected chi connectivity index (χ3v) is 4.28. The predicted octanol–water partition coefficient (Wildman–Crippen LogP) is 4.27. The molecule has 0 bridgehead atoms. The van der Waals surface area contributed by atoms with Crippen LogP contribution in [0.1, 0.15) is 39.4 Å². The Morgan fingerprint density at radius 3 is 2.05 bits per heavy atom. The molecule has 1 aliphatic rings. The maximum atomic E-state index is 3.71. The molecule has 1 aliphatic heterocycles. The first kappa shape index (κ1) is 15.1. The minimum absolute atomic E-state index is 0. The zero-order valence-corrected chi connectivity index (χ0v) is 13.2. The average Bonchev–Trinajstić information content (AvgIpc) is 2.39. The second-order valence-electron chi connectivity index (χ2n) is 5.59. The molecule has 0 saturated heterocycles. The standard InChI is InChI=1S/C18H21N.ClH/c1-12-6-4-7-13(2)16(12)18-17-14(3)8-5-9-15(17)10-11-19-18;/h4-9,18-19H,10-11H2,1-3H3;1H. The summed E-state index contributed by atoms with van der Waals surface area (Å²) in [6.07, 6.45) is 1.14. The van der Waals surface area contributed by atoms with Crippen molar-refractivity contribution in [3.63, 3.8) is 0 Å². The molecule has 20 heavy (non-hydrogen) atoms. The first-order valence-electron chi connectivity index (χ1n) is 7.06. The summed E-state index contributed by atoms with van der Waals surface area (Å²) in [5.74, 6) is 0. The Morgan fingerprint density at radius 1 is 0.850 bits per heavy atom. The maximum Gasteiger partial charge on any atom is 0.0587 e. The van der Waals surface area contributed by atoms with Gasteiger partial charge in [0.15, 0.2) is 0 Å². The van der Waals surface area contributed by atoms with E-state index in [0.29, 0.717) is 6.04 Å². The van der Waals surface area contributed by atoms with Crippen LogP contribution in [0.3, 0.4) is 0 Å². The van der Waals surface area contributed by atoms with Gasteiger partial charge in [0.1, 0.15) is 0 Å². The number of fused-ring (bicyclic) bond motifs is 1. The topological polar surface area (TPSA) is 12.0 Å². The van der Waals surface area contributed by atoms with Crippen LogP contribution in [0, 0.1) is 20.8 Å². The quantitative estimate of drug-likeness (QED) is 0.826. The van der Waals surface area contributed by atoms with Crippen LogP contribution >= 0.6 is 12.4 Å². The fraction of sp³-hybridized carbons (Fsp3) is 0.333. The highest BCUT2D eigenvalue weighted by atomic mass is 35.5. The van der Waals surface area contributed by atoms with Crippen molar-refractivity contribution in [3.8, 4) is 0 Å². The lowest BCUT2D eigenvalue weighted by Crippen LogP contribution is -2.32. The average molecular weight is 288 g/mol. The van der Waals surface area contributed by atoms with Gasteiger partial charge in [-0.3, -0.25) is 0 Å². The number of halogens is 1. The third kappa shape index (κ3) is 2.48. The number of hydrogen-bond donors (Lipinski definition) is 1. The van der Waals surface area contributed by atoms with E-state index in [1.807, 2.05) is 0 Å². The molecule has 2 aromatic carbocycles. The minimum Gasteiger partial charge on any atom is -0.306 e. The fourth-order valence-corrected chi connectivity index (χ4v) is 3.35. The van der Waals surface area contributed by atoms with Crippen LogP contribution in [0.4, 0.5) is 0 Å². The van der Waals surface area contributed by atoms with Crippen molar-refractivity contribution in [2.24, 2.45) is 0 Å². The van der Waals surface area contributed by atoms with Gasteiger partial charge in [-0.2, -0.15) is 0 Å². The molecule has 0 aromatic heterocycles. The van der Waals surface area contributed by atoms with E-state index in [0.717, 1.165) is 13.0 Å². The van der Waals surface area contributed by atoms with Gasteiger partial charge in [0.2, 0.25) is 0 Å². The molecule has 1 N–H and O–H groups in total. The number of rotatable bonds is 1. The molecule has 2 aromatic rings. The van der Waals surface area contributed by atoms with Crippen molar-refractivity contribution in [2.75, 3.05) is 6.54 Å². The van der Waals surface area contributed by atoms with E-state index in [4.69, 9.17) is 0 Å². The highest BCUT2D eigenvalue weighted by molar-refractivity contribution is 5.85. The van der Waals surface area contributed by atoms with Crippen LogP contribution in [-0.2, 0) is 6.42 Å². The highest BCUT2D eigenvalue weighted by Gasteiger charge is 2.24. The summed E-state index contributed by atoms with van der Waals surface area (Å²) in [7, 11) is 0. The van der Waals surface area contributed by atoms with Crippen molar-refractivity contribution >= 4 is 12.4 Å². The fourth-order valence-electron chi connectivity index (χ4n) is 3.35. The molecule has 1 unspecified atom stereocenters. The first-order valence-corrected chi connectivity index (χ1v) is 7.06. The van der Waals surface area contributed by atoms with Gasteiger partial charge in [-0.25, -0.2) is 0 Å². The molecule has 1 atom stereocenters. The van der Waals surface area contributed by atoms with Crippen LogP contribution in [0.25, 0.3) is 0 Å². The van der Waals surface area contributed by atoms with E-state index in [1.165, 1.54) is 33.4 Å². The Bertz CT molecular complexity index is 599. The third-order valence-electron chi connectivity index (χ3n) is 4.28. The number of hydrogen-bond acceptors (Lipinski definition) is 1. The van der Waals surface area contributed by atoms with E-state index in [1.54, 1.807) is 0 Å². The molecule has 3 rings (SSSR count). The van der Waals surface area contributed by atoms with Crippen LogP contribution in [-0.4, -0.2) is 6.54 Å². The predicted molar refractivity (Wildman–Crippen MR) is 87.9 cm³/mol. The van der Waals surface area contributed by atoms with E-state index >= 15 is 0 Å². The highest BCUT2D eigenvalue weighted by Crippen LogP contribution is 2.34. The summed E-state index contributed by atoms with van der Waals surface area (Å²) in [6, 6.07) is 13.6. The van der Waals surface area contributed by atoms with Gasteiger partial charge in [0.05, 0.1) is 6.04 Å². The zero-order chi connectivity index (χ0) is 13.4. The summed E-state index contributed by atoms with van der Waals surface area (Å²) < 4.78 is 0. The zero-order valence-electron chi connectivity index (χ0n) is 12.4. The van der Waals surface area contributed by atoms with Gasteiger partial charge in [-0.05, 0) is 60.6 Å². The molecule has 0 amide bonds. The molecule has 2 heteroatoms. The number of nitrogens with one attached hydrogen (secondary N) is 1. The van der Waals surface area contributed by atoms with Gasteiger partial charge in [-0.15, -0.1) is 12.4 Å². The molecule has 1 nitrogen and oxygen atoms in total. The van der Waals surface area contributed by atoms with Gasteiger partial charge in [-0.1, -0.05) is 36.4 Å².